The van der Waals surface area contributed by atoms with Gasteiger partial charge >= 0.3 is 0 Å². The Hall–Kier alpha value is -1.32. The van der Waals surface area contributed by atoms with Crippen LogP contribution in [0.15, 0.2) is 24.3 Å². The molecule has 0 saturated heterocycles. The van der Waals surface area contributed by atoms with E-state index in [1.54, 1.807) is 31.4 Å². The van der Waals surface area contributed by atoms with Gasteiger partial charge in [0.05, 0.1) is 7.11 Å². The zero-order valence-corrected chi connectivity index (χ0v) is 9.79. The van der Waals surface area contributed by atoms with Crippen LogP contribution in [-0.2, 0) is 0 Å². The second-order valence-electron chi connectivity index (χ2n) is 4.29. The monoisotopic (exact) mass is 242 g/mol. The van der Waals surface area contributed by atoms with Crippen LogP contribution in [0.1, 0.15) is 25.7 Å². The first-order chi connectivity index (χ1) is 8.12. The highest BCUT2D eigenvalue weighted by Gasteiger charge is 2.43. The number of alkyl halides is 2. The molecule has 0 bridgehead atoms. The number of hydrogen-bond donors (Lipinski definition) is 0. The van der Waals surface area contributed by atoms with Gasteiger partial charge in [0.25, 0.3) is 5.92 Å². The van der Waals surface area contributed by atoms with Crippen molar-refractivity contribution < 1.29 is 18.3 Å². The van der Waals surface area contributed by atoms with Gasteiger partial charge in [-0.1, -0.05) is 0 Å². The molecule has 1 aromatic carbocycles. The van der Waals surface area contributed by atoms with Crippen molar-refractivity contribution in [3.63, 3.8) is 0 Å². The molecular weight excluding hydrogens is 226 g/mol. The van der Waals surface area contributed by atoms with E-state index in [0.717, 1.165) is 6.42 Å². The minimum atomic E-state index is -2.71. The molecule has 4 heteroatoms. The van der Waals surface area contributed by atoms with E-state index in [1.165, 1.54) is 0 Å². The summed E-state index contributed by atoms with van der Waals surface area (Å²) in [5, 5.41) is 0. The molecule has 2 rings (SSSR count). The van der Waals surface area contributed by atoms with Gasteiger partial charge in [-0.3, -0.25) is 0 Å². The lowest BCUT2D eigenvalue weighted by Gasteiger charge is -2.31. The van der Waals surface area contributed by atoms with E-state index >= 15 is 0 Å². The SMILES string of the molecule is COc1ccc(OC2CCCCC2(F)F)cc1. The predicted molar refractivity (Wildman–Crippen MR) is 60.8 cm³/mol. The molecule has 17 heavy (non-hydrogen) atoms. The highest BCUT2D eigenvalue weighted by molar-refractivity contribution is 5.31. The summed E-state index contributed by atoms with van der Waals surface area (Å²) in [6, 6.07) is 6.72. The van der Waals surface area contributed by atoms with Gasteiger partial charge in [-0.15, -0.1) is 0 Å². The molecule has 1 saturated carbocycles. The van der Waals surface area contributed by atoms with Gasteiger partial charge in [-0.2, -0.15) is 0 Å². The Labute approximate surface area is 99.5 Å². The summed E-state index contributed by atoms with van der Waals surface area (Å²) in [4.78, 5) is 0. The first kappa shape index (κ1) is 12.1. The third kappa shape index (κ3) is 2.87. The fourth-order valence-corrected chi connectivity index (χ4v) is 2.03. The third-order valence-corrected chi connectivity index (χ3v) is 3.04. The van der Waals surface area contributed by atoms with Gasteiger partial charge in [-0.25, -0.2) is 8.78 Å². The van der Waals surface area contributed by atoms with Crippen LogP contribution in [0.25, 0.3) is 0 Å². The lowest BCUT2D eigenvalue weighted by atomic mass is 9.94. The molecule has 1 unspecified atom stereocenters. The molecule has 94 valence electrons. The quantitative estimate of drug-likeness (QED) is 0.805. The van der Waals surface area contributed by atoms with Crippen LogP contribution in [0.4, 0.5) is 8.78 Å². The third-order valence-electron chi connectivity index (χ3n) is 3.04. The predicted octanol–water partition coefficient (Wildman–Crippen LogP) is 3.65. The van der Waals surface area contributed by atoms with E-state index in [9.17, 15) is 8.78 Å². The summed E-state index contributed by atoms with van der Waals surface area (Å²) in [5.74, 6) is -1.55. The second kappa shape index (κ2) is 4.90. The molecule has 0 spiro atoms. The Kier molecular flexibility index (Phi) is 3.50. The Bertz CT molecular complexity index is 362. The van der Waals surface area contributed by atoms with Crippen LogP contribution < -0.4 is 9.47 Å². The smallest absolute Gasteiger partial charge is 0.284 e. The maximum absolute atomic E-state index is 13.6. The van der Waals surface area contributed by atoms with E-state index in [4.69, 9.17) is 9.47 Å². The van der Waals surface area contributed by atoms with Crippen molar-refractivity contribution in [3.05, 3.63) is 24.3 Å². The Morgan fingerprint density at radius 2 is 1.76 bits per heavy atom. The minimum Gasteiger partial charge on any atom is -0.497 e. The van der Waals surface area contributed by atoms with Crippen molar-refractivity contribution in [2.24, 2.45) is 0 Å². The van der Waals surface area contributed by atoms with Crippen molar-refractivity contribution in [2.75, 3.05) is 7.11 Å². The lowest BCUT2D eigenvalue weighted by Crippen LogP contribution is -2.40. The Morgan fingerprint density at radius 3 is 2.35 bits per heavy atom. The van der Waals surface area contributed by atoms with Gasteiger partial charge < -0.3 is 9.47 Å². The zero-order chi connectivity index (χ0) is 12.3. The summed E-state index contributed by atoms with van der Waals surface area (Å²) in [7, 11) is 1.56. The molecule has 0 aliphatic heterocycles. The molecule has 1 fully saturated rings. The van der Waals surface area contributed by atoms with Crippen molar-refractivity contribution in [1.29, 1.82) is 0 Å². The normalized spacial score (nSPS) is 23.1. The van der Waals surface area contributed by atoms with Crippen LogP contribution in [0.2, 0.25) is 0 Å². The molecule has 1 aliphatic carbocycles. The average molecular weight is 242 g/mol. The molecule has 1 atom stereocenters. The van der Waals surface area contributed by atoms with E-state index in [2.05, 4.69) is 0 Å². The van der Waals surface area contributed by atoms with E-state index < -0.39 is 12.0 Å². The summed E-state index contributed by atoms with van der Waals surface area (Å²) in [6.45, 7) is 0. The first-order valence-electron chi connectivity index (χ1n) is 5.80. The van der Waals surface area contributed by atoms with Crippen molar-refractivity contribution in [1.82, 2.24) is 0 Å². The summed E-state index contributed by atoms with van der Waals surface area (Å²) in [6.07, 6.45) is 0.725. The van der Waals surface area contributed by atoms with E-state index in [1.807, 2.05) is 0 Å². The van der Waals surface area contributed by atoms with Crippen molar-refractivity contribution in [2.45, 2.75) is 37.7 Å². The molecule has 1 aromatic rings. The van der Waals surface area contributed by atoms with Crippen LogP contribution in [0, 0.1) is 0 Å². The highest BCUT2D eigenvalue weighted by atomic mass is 19.3. The summed E-state index contributed by atoms with van der Waals surface area (Å²) >= 11 is 0. The largest absolute Gasteiger partial charge is 0.497 e. The van der Waals surface area contributed by atoms with Crippen molar-refractivity contribution in [3.8, 4) is 11.5 Å². The lowest BCUT2D eigenvalue weighted by molar-refractivity contribution is -0.119. The van der Waals surface area contributed by atoms with Crippen LogP contribution in [0.3, 0.4) is 0 Å². The van der Waals surface area contributed by atoms with E-state index in [0.29, 0.717) is 24.3 Å². The number of rotatable bonds is 3. The zero-order valence-electron chi connectivity index (χ0n) is 9.79. The molecule has 0 amide bonds. The van der Waals surface area contributed by atoms with Crippen LogP contribution in [-0.4, -0.2) is 19.1 Å². The number of hydrogen-bond acceptors (Lipinski definition) is 2. The van der Waals surface area contributed by atoms with Gasteiger partial charge in [0, 0.05) is 6.42 Å². The molecule has 0 heterocycles. The maximum Gasteiger partial charge on any atom is 0.284 e. The fourth-order valence-electron chi connectivity index (χ4n) is 2.03. The second-order valence-corrected chi connectivity index (χ2v) is 4.29. The minimum absolute atomic E-state index is 0.0756. The number of benzene rings is 1. The average Bonchev–Trinajstić information content (AvgIpc) is 2.33. The molecule has 0 N–H and O–H groups in total. The Balaban J connectivity index is 2.03. The van der Waals surface area contributed by atoms with Gasteiger partial charge in [0.15, 0.2) is 6.10 Å². The highest BCUT2D eigenvalue weighted by Crippen LogP contribution is 2.36. The summed E-state index contributed by atoms with van der Waals surface area (Å²) in [5.41, 5.74) is 0. The van der Waals surface area contributed by atoms with Gasteiger partial charge in [-0.05, 0) is 43.5 Å². The van der Waals surface area contributed by atoms with E-state index in [-0.39, 0.29) is 6.42 Å². The number of methoxy groups -OCH3 is 1. The summed E-state index contributed by atoms with van der Waals surface area (Å²) < 4.78 is 37.5. The molecule has 1 aliphatic rings. The van der Waals surface area contributed by atoms with Crippen LogP contribution >= 0.6 is 0 Å². The maximum atomic E-state index is 13.6. The number of ether oxygens (including phenoxy) is 2. The van der Waals surface area contributed by atoms with Gasteiger partial charge in [0.1, 0.15) is 11.5 Å². The molecule has 0 radical (unpaired) electrons. The van der Waals surface area contributed by atoms with Crippen LogP contribution in [0.5, 0.6) is 11.5 Å². The van der Waals surface area contributed by atoms with Gasteiger partial charge in [0.2, 0.25) is 0 Å². The first-order valence-corrected chi connectivity index (χ1v) is 5.80. The molecule has 2 nitrogen and oxygen atoms in total. The molecular formula is C13H16F2O2. The molecule has 0 aromatic heterocycles. The van der Waals surface area contributed by atoms with Crippen molar-refractivity contribution >= 4 is 0 Å². The Morgan fingerprint density at radius 1 is 1.12 bits per heavy atom. The fraction of sp³-hybridized carbons (Fsp3) is 0.538. The standard InChI is InChI=1S/C13H16F2O2/c1-16-10-5-7-11(8-6-10)17-12-4-2-3-9-13(12,14)15/h5-8,12H,2-4,9H2,1H3. The number of halogens is 2. The topological polar surface area (TPSA) is 18.5 Å².